The number of imidazole rings is 2. The number of benzene rings is 4. The number of aryl methyl sites for hydroxylation is 1. The number of nitrogens with zero attached hydrogens (tertiary/aromatic N) is 3. The number of nitrogens with one attached hydrogen (secondary N) is 5. The highest BCUT2D eigenvalue weighted by Crippen LogP contribution is 2.35. The molecule has 1 saturated heterocycles. The van der Waals surface area contributed by atoms with Crippen LogP contribution in [-0.2, 0) is 25.5 Å². The van der Waals surface area contributed by atoms with Gasteiger partial charge in [-0.15, -0.1) is 0 Å². The number of aromatic amines is 2. The Morgan fingerprint density at radius 3 is 1.87 bits per heavy atom. The molecule has 14 heteroatoms. The van der Waals surface area contributed by atoms with E-state index in [-0.39, 0.29) is 29.7 Å². The number of carbonyl (C=O) groups excluding carboxylic acids is 4. The number of amides is 4. The van der Waals surface area contributed by atoms with Crippen molar-refractivity contribution in [3.63, 3.8) is 0 Å². The van der Waals surface area contributed by atoms with E-state index in [1.165, 1.54) is 14.2 Å². The molecule has 7 rings (SSSR count). The van der Waals surface area contributed by atoms with E-state index in [2.05, 4.69) is 91.3 Å². The molecule has 314 valence electrons. The van der Waals surface area contributed by atoms with E-state index in [0.717, 1.165) is 98.8 Å². The van der Waals surface area contributed by atoms with Gasteiger partial charge in [-0.25, -0.2) is 19.6 Å². The number of carbonyl (C=O) groups is 4. The summed E-state index contributed by atoms with van der Waals surface area (Å²) in [5.74, 6) is 1.12. The molecule has 2 aromatic heterocycles. The molecule has 0 saturated carbocycles. The van der Waals surface area contributed by atoms with Gasteiger partial charge in [0.15, 0.2) is 0 Å². The highest BCUT2D eigenvalue weighted by molar-refractivity contribution is 5.93. The Morgan fingerprint density at radius 1 is 0.717 bits per heavy atom. The standard InChI is InChI=1S/C46H54N8O6/c1-26(2)40(52-45(57)59-5)43(55)47-20-8-7-11-39-48-34-18-16-32(24-36(34)49-39)30-14-12-29-23-31(15-13-28(29)22-30)33-17-19-35-37(25-33)51-42(50-35)38-10-9-21-54(38)44(56)41(27(3)4)53-46(58)60-6/h12-19,22-27,38,40-41H,7-11,20-21H2,1-6H3,(H,47,55)(H,48,49)(H,50,51)(H,52,57)(H,53,58)/t38-,40-,41-/m0/s1. The van der Waals surface area contributed by atoms with E-state index in [1.54, 1.807) is 0 Å². The summed E-state index contributed by atoms with van der Waals surface area (Å²) in [5, 5.41) is 10.5. The normalized spacial score (nSPS) is 15.1. The Morgan fingerprint density at radius 2 is 1.27 bits per heavy atom. The van der Waals surface area contributed by atoms with Gasteiger partial charge >= 0.3 is 12.2 Å². The number of fused-ring (bicyclic) bond motifs is 3. The summed E-state index contributed by atoms with van der Waals surface area (Å²) in [6, 6.07) is 23.9. The number of unbranched alkanes of at least 4 members (excludes halogenated alkanes) is 1. The fourth-order valence-electron chi connectivity index (χ4n) is 7.98. The molecule has 5 N–H and O–H groups in total. The number of alkyl carbamates (subject to hydrolysis) is 2. The van der Waals surface area contributed by atoms with Crippen LogP contribution in [0.1, 0.15) is 71.1 Å². The van der Waals surface area contributed by atoms with Crippen molar-refractivity contribution in [3.8, 4) is 22.3 Å². The van der Waals surface area contributed by atoms with E-state index in [1.807, 2.05) is 44.7 Å². The molecule has 4 aromatic carbocycles. The van der Waals surface area contributed by atoms with Gasteiger partial charge in [0.05, 0.1) is 42.3 Å². The first-order valence-electron chi connectivity index (χ1n) is 20.7. The van der Waals surface area contributed by atoms with E-state index in [9.17, 15) is 19.2 Å². The van der Waals surface area contributed by atoms with Crippen LogP contribution in [0.15, 0.2) is 72.8 Å². The van der Waals surface area contributed by atoms with Crippen LogP contribution in [0.2, 0.25) is 0 Å². The van der Waals surface area contributed by atoms with Crippen LogP contribution < -0.4 is 16.0 Å². The predicted molar refractivity (Wildman–Crippen MR) is 232 cm³/mol. The molecule has 60 heavy (non-hydrogen) atoms. The predicted octanol–water partition coefficient (Wildman–Crippen LogP) is 7.79. The minimum absolute atomic E-state index is 0.0706. The molecule has 6 aromatic rings. The monoisotopic (exact) mass is 814 g/mol. The minimum Gasteiger partial charge on any atom is -0.453 e. The minimum atomic E-state index is -0.687. The molecular weight excluding hydrogens is 761 g/mol. The van der Waals surface area contributed by atoms with Crippen LogP contribution in [0.3, 0.4) is 0 Å². The summed E-state index contributed by atoms with van der Waals surface area (Å²) in [7, 11) is 2.57. The fraction of sp³-hybridized carbons (Fsp3) is 0.391. The fourth-order valence-corrected chi connectivity index (χ4v) is 7.98. The molecule has 0 aliphatic carbocycles. The lowest BCUT2D eigenvalue weighted by Crippen LogP contribution is -2.51. The Kier molecular flexibility index (Phi) is 12.7. The highest BCUT2D eigenvalue weighted by atomic mass is 16.5. The van der Waals surface area contributed by atoms with Crippen molar-refractivity contribution < 1.29 is 28.7 Å². The topological polar surface area (TPSA) is 183 Å². The smallest absolute Gasteiger partial charge is 0.407 e. The number of hydrogen-bond donors (Lipinski definition) is 5. The third-order valence-corrected chi connectivity index (χ3v) is 11.3. The second-order valence-corrected chi connectivity index (χ2v) is 16.2. The molecule has 0 spiro atoms. The van der Waals surface area contributed by atoms with Crippen LogP contribution in [-0.4, -0.2) is 88.2 Å². The molecule has 0 bridgehead atoms. The zero-order chi connectivity index (χ0) is 42.5. The Balaban J connectivity index is 0.991. The molecule has 1 fully saturated rings. The van der Waals surface area contributed by atoms with E-state index in [0.29, 0.717) is 13.1 Å². The Hall–Kier alpha value is -6.44. The number of H-pyrrole nitrogens is 2. The largest absolute Gasteiger partial charge is 0.453 e. The van der Waals surface area contributed by atoms with Crippen molar-refractivity contribution in [2.24, 2.45) is 11.8 Å². The molecule has 0 unspecified atom stereocenters. The Bertz CT molecular complexity index is 2520. The number of aromatic nitrogens is 4. The van der Waals surface area contributed by atoms with Crippen LogP contribution in [0, 0.1) is 11.8 Å². The van der Waals surface area contributed by atoms with E-state index < -0.39 is 24.3 Å². The van der Waals surface area contributed by atoms with Crippen molar-refractivity contribution >= 4 is 56.8 Å². The SMILES string of the molecule is COC(=O)N[C@H](C(=O)NCCCCc1nc2ccc(-c3ccc4cc(-c5ccc6nc([C@@H]7CCCN7C(=O)[C@@H](NC(=O)OC)C(C)C)[nH]c6c5)ccc4c3)cc2[nH]1)C(C)C. The van der Waals surface area contributed by atoms with Crippen LogP contribution in [0.5, 0.6) is 0 Å². The molecular formula is C46H54N8O6. The average molecular weight is 815 g/mol. The molecule has 4 amide bonds. The second kappa shape index (κ2) is 18.2. The maximum Gasteiger partial charge on any atom is 0.407 e. The van der Waals surface area contributed by atoms with Gasteiger partial charge in [-0.05, 0) is 107 Å². The first-order chi connectivity index (χ1) is 28.9. The molecule has 14 nitrogen and oxygen atoms in total. The quantitative estimate of drug-likeness (QED) is 0.0691. The zero-order valence-electron chi connectivity index (χ0n) is 35.1. The first kappa shape index (κ1) is 41.7. The van der Waals surface area contributed by atoms with Gasteiger partial charge in [-0.2, -0.15) is 0 Å². The second-order valence-electron chi connectivity index (χ2n) is 16.2. The number of hydrogen-bond acceptors (Lipinski definition) is 8. The van der Waals surface area contributed by atoms with E-state index in [4.69, 9.17) is 14.7 Å². The van der Waals surface area contributed by atoms with Crippen molar-refractivity contribution in [3.05, 3.63) is 84.4 Å². The summed E-state index contributed by atoms with van der Waals surface area (Å²) < 4.78 is 9.43. The van der Waals surface area contributed by atoms with Crippen LogP contribution in [0.25, 0.3) is 55.1 Å². The summed E-state index contributed by atoms with van der Waals surface area (Å²) in [6.45, 7) is 8.67. The number of rotatable bonds is 14. The first-order valence-corrected chi connectivity index (χ1v) is 20.7. The number of likely N-dealkylation sites (tertiary alicyclic amines) is 1. The number of methoxy groups -OCH3 is 2. The lowest BCUT2D eigenvalue weighted by molar-refractivity contribution is -0.135. The third-order valence-electron chi connectivity index (χ3n) is 11.3. The average Bonchev–Trinajstić information content (AvgIpc) is 4.01. The van der Waals surface area contributed by atoms with Crippen molar-refractivity contribution in [1.29, 1.82) is 0 Å². The van der Waals surface area contributed by atoms with Crippen LogP contribution >= 0.6 is 0 Å². The van der Waals surface area contributed by atoms with Gasteiger partial charge in [0.1, 0.15) is 23.7 Å². The number of ether oxygens (including phenoxy) is 2. The summed E-state index contributed by atoms with van der Waals surface area (Å²) in [4.78, 5) is 68.4. The van der Waals surface area contributed by atoms with Gasteiger partial charge < -0.3 is 40.3 Å². The molecule has 1 aliphatic rings. The van der Waals surface area contributed by atoms with Crippen LogP contribution in [0.4, 0.5) is 9.59 Å². The maximum atomic E-state index is 13.6. The lowest BCUT2D eigenvalue weighted by atomic mass is 9.97. The van der Waals surface area contributed by atoms with Crippen molar-refractivity contribution in [2.75, 3.05) is 27.3 Å². The van der Waals surface area contributed by atoms with Gasteiger partial charge in [-0.1, -0.05) is 64.1 Å². The molecule has 3 heterocycles. The molecule has 1 aliphatic heterocycles. The highest BCUT2D eigenvalue weighted by Gasteiger charge is 2.37. The molecule has 3 atom stereocenters. The summed E-state index contributed by atoms with van der Waals surface area (Å²) >= 11 is 0. The third kappa shape index (κ3) is 9.22. The van der Waals surface area contributed by atoms with Gasteiger partial charge in [-0.3, -0.25) is 9.59 Å². The lowest BCUT2D eigenvalue weighted by Gasteiger charge is -2.29. The van der Waals surface area contributed by atoms with Gasteiger partial charge in [0, 0.05) is 19.5 Å². The van der Waals surface area contributed by atoms with Crippen molar-refractivity contribution in [2.45, 2.75) is 77.9 Å². The zero-order valence-corrected chi connectivity index (χ0v) is 35.1. The van der Waals surface area contributed by atoms with Gasteiger partial charge in [0.25, 0.3) is 0 Å². The Labute approximate surface area is 349 Å². The van der Waals surface area contributed by atoms with Gasteiger partial charge in [0.2, 0.25) is 11.8 Å². The maximum absolute atomic E-state index is 13.6. The summed E-state index contributed by atoms with van der Waals surface area (Å²) in [6.07, 6.45) is 2.76. The van der Waals surface area contributed by atoms with E-state index >= 15 is 0 Å². The summed E-state index contributed by atoms with van der Waals surface area (Å²) in [5.41, 5.74) is 7.96. The molecule has 0 radical (unpaired) electrons. The van der Waals surface area contributed by atoms with Crippen molar-refractivity contribution in [1.82, 2.24) is 40.8 Å².